The number of amides is 1. The van der Waals surface area contributed by atoms with E-state index >= 15 is 0 Å². The molecule has 0 radical (unpaired) electrons. The van der Waals surface area contributed by atoms with Crippen molar-refractivity contribution in [3.05, 3.63) is 58.3 Å². The van der Waals surface area contributed by atoms with Crippen LogP contribution < -0.4 is 4.74 Å². The molecule has 2 aromatic rings. The maximum absolute atomic E-state index is 12.6. The van der Waals surface area contributed by atoms with Crippen molar-refractivity contribution in [1.82, 2.24) is 9.88 Å². The topological polar surface area (TPSA) is 51.7 Å². The van der Waals surface area contributed by atoms with Crippen LogP contribution >= 0.6 is 23.2 Å². The van der Waals surface area contributed by atoms with Crippen LogP contribution in [-0.2, 0) is 4.74 Å². The van der Waals surface area contributed by atoms with Gasteiger partial charge in [-0.25, -0.2) is 0 Å². The van der Waals surface area contributed by atoms with Crippen LogP contribution in [0.15, 0.2) is 42.7 Å². The van der Waals surface area contributed by atoms with Gasteiger partial charge in [0.1, 0.15) is 18.5 Å². The van der Waals surface area contributed by atoms with Gasteiger partial charge in [0.15, 0.2) is 0 Å². The number of benzene rings is 1. The molecule has 1 aliphatic rings. The van der Waals surface area contributed by atoms with Crippen molar-refractivity contribution in [3.63, 3.8) is 0 Å². The second kappa shape index (κ2) is 7.83. The normalized spacial score (nSPS) is 17.6. The van der Waals surface area contributed by atoms with Crippen LogP contribution in [0.25, 0.3) is 0 Å². The quantitative estimate of drug-likeness (QED) is 0.832. The molecule has 1 aromatic heterocycles. The predicted molar refractivity (Wildman–Crippen MR) is 91.8 cm³/mol. The molecule has 1 fully saturated rings. The minimum absolute atomic E-state index is 0.0942. The van der Waals surface area contributed by atoms with Gasteiger partial charge in [0.25, 0.3) is 5.91 Å². The highest BCUT2D eigenvalue weighted by molar-refractivity contribution is 6.42. The number of hydrogen-bond donors (Lipinski definition) is 0. The molecule has 0 aliphatic carbocycles. The summed E-state index contributed by atoms with van der Waals surface area (Å²) in [7, 11) is 0. The number of rotatable bonds is 4. The molecule has 7 heteroatoms. The third-order valence-electron chi connectivity index (χ3n) is 3.66. The summed E-state index contributed by atoms with van der Waals surface area (Å²) >= 11 is 11.9. The maximum Gasteiger partial charge on any atom is 0.254 e. The SMILES string of the molecule is O=C(c1ccc(Cl)c(Cl)c1)N1CCOC(COc2cccnc2)C1. The molecule has 0 saturated carbocycles. The van der Waals surface area contributed by atoms with Crippen LogP contribution in [0.5, 0.6) is 5.75 Å². The van der Waals surface area contributed by atoms with Crippen molar-refractivity contribution >= 4 is 29.1 Å². The Bertz CT molecular complexity index is 712. The Morgan fingerprint density at radius 3 is 2.96 bits per heavy atom. The van der Waals surface area contributed by atoms with E-state index in [1.165, 1.54) is 0 Å². The number of morpholine rings is 1. The van der Waals surface area contributed by atoms with Crippen molar-refractivity contribution in [2.45, 2.75) is 6.10 Å². The summed E-state index contributed by atoms with van der Waals surface area (Å²) in [6, 6.07) is 8.52. The van der Waals surface area contributed by atoms with Crippen molar-refractivity contribution < 1.29 is 14.3 Å². The van der Waals surface area contributed by atoms with E-state index in [-0.39, 0.29) is 12.0 Å². The third kappa shape index (κ3) is 4.17. The molecule has 2 heterocycles. The van der Waals surface area contributed by atoms with Crippen LogP contribution in [0.2, 0.25) is 10.0 Å². The molecule has 1 saturated heterocycles. The molecule has 126 valence electrons. The number of hydrogen-bond acceptors (Lipinski definition) is 4. The first-order valence-electron chi connectivity index (χ1n) is 7.52. The first kappa shape index (κ1) is 17.0. The van der Waals surface area contributed by atoms with Gasteiger partial charge in [-0.15, -0.1) is 0 Å². The lowest BCUT2D eigenvalue weighted by Gasteiger charge is -2.33. The lowest BCUT2D eigenvalue weighted by Crippen LogP contribution is -2.47. The molecular formula is C17H16Cl2N2O3. The van der Waals surface area contributed by atoms with E-state index in [1.807, 2.05) is 6.07 Å². The zero-order chi connectivity index (χ0) is 16.9. The Kier molecular flexibility index (Phi) is 5.56. The van der Waals surface area contributed by atoms with Crippen molar-refractivity contribution in [2.75, 3.05) is 26.3 Å². The second-order valence-electron chi connectivity index (χ2n) is 5.37. The fourth-order valence-electron chi connectivity index (χ4n) is 2.44. The lowest BCUT2D eigenvalue weighted by molar-refractivity contribution is -0.0401. The molecule has 1 unspecified atom stereocenters. The number of carbonyl (C=O) groups is 1. The van der Waals surface area contributed by atoms with Crippen molar-refractivity contribution in [3.8, 4) is 5.75 Å². The van der Waals surface area contributed by atoms with Crippen LogP contribution in [0.4, 0.5) is 0 Å². The Morgan fingerprint density at radius 2 is 2.21 bits per heavy atom. The maximum atomic E-state index is 12.6. The van der Waals surface area contributed by atoms with E-state index < -0.39 is 0 Å². The van der Waals surface area contributed by atoms with E-state index in [4.69, 9.17) is 32.7 Å². The largest absolute Gasteiger partial charge is 0.489 e. The van der Waals surface area contributed by atoms with Gasteiger partial charge in [0.2, 0.25) is 0 Å². The number of carbonyl (C=O) groups excluding carboxylic acids is 1. The molecule has 1 atom stereocenters. The minimum atomic E-state index is -0.189. The molecule has 5 nitrogen and oxygen atoms in total. The van der Waals surface area contributed by atoms with Gasteiger partial charge in [0.05, 0.1) is 29.4 Å². The Hall–Kier alpha value is -1.82. The van der Waals surface area contributed by atoms with Crippen LogP contribution in [0, 0.1) is 0 Å². The summed E-state index contributed by atoms with van der Waals surface area (Å²) in [5.74, 6) is 0.581. The van der Waals surface area contributed by atoms with Gasteiger partial charge in [-0.05, 0) is 30.3 Å². The zero-order valence-electron chi connectivity index (χ0n) is 12.8. The summed E-state index contributed by atoms with van der Waals surface area (Å²) in [6.45, 7) is 1.81. The van der Waals surface area contributed by atoms with Crippen molar-refractivity contribution in [1.29, 1.82) is 0 Å². The van der Waals surface area contributed by atoms with E-state index in [0.29, 0.717) is 47.7 Å². The van der Waals surface area contributed by atoms with E-state index in [0.717, 1.165) is 0 Å². The fourth-order valence-corrected chi connectivity index (χ4v) is 2.74. The van der Waals surface area contributed by atoms with Crippen LogP contribution in [0.3, 0.4) is 0 Å². The van der Waals surface area contributed by atoms with Gasteiger partial charge in [-0.2, -0.15) is 0 Å². The average Bonchev–Trinajstić information content (AvgIpc) is 2.63. The molecule has 24 heavy (non-hydrogen) atoms. The molecule has 0 bridgehead atoms. The highest BCUT2D eigenvalue weighted by Gasteiger charge is 2.25. The zero-order valence-corrected chi connectivity index (χ0v) is 14.3. The number of nitrogens with zero attached hydrogens (tertiary/aromatic N) is 2. The molecule has 0 N–H and O–H groups in total. The first-order chi connectivity index (χ1) is 11.6. The molecule has 1 aliphatic heterocycles. The molecular weight excluding hydrogens is 351 g/mol. The van der Waals surface area contributed by atoms with E-state index in [2.05, 4.69) is 4.98 Å². The number of aromatic nitrogens is 1. The summed E-state index contributed by atoms with van der Waals surface area (Å²) < 4.78 is 11.3. The first-order valence-corrected chi connectivity index (χ1v) is 8.28. The third-order valence-corrected chi connectivity index (χ3v) is 4.40. The molecule has 3 rings (SSSR count). The summed E-state index contributed by atoms with van der Waals surface area (Å²) in [6.07, 6.45) is 3.13. The average molecular weight is 367 g/mol. The standard InChI is InChI=1S/C17H16Cl2N2O3/c18-15-4-3-12(8-16(15)19)17(22)21-6-7-23-14(10-21)11-24-13-2-1-5-20-9-13/h1-5,8-9,14H,6-7,10-11H2. The van der Waals surface area contributed by atoms with Gasteiger partial charge >= 0.3 is 0 Å². The lowest BCUT2D eigenvalue weighted by atomic mass is 10.1. The summed E-state index contributed by atoms with van der Waals surface area (Å²) in [5.41, 5.74) is 0.512. The second-order valence-corrected chi connectivity index (χ2v) is 6.19. The van der Waals surface area contributed by atoms with Crippen LogP contribution in [-0.4, -0.2) is 48.2 Å². The highest BCUT2D eigenvalue weighted by atomic mass is 35.5. The number of halogens is 2. The Balaban J connectivity index is 1.60. The summed E-state index contributed by atoms with van der Waals surface area (Å²) in [4.78, 5) is 18.3. The van der Waals surface area contributed by atoms with Crippen LogP contribution in [0.1, 0.15) is 10.4 Å². The highest BCUT2D eigenvalue weighted by Crippen LogP contribution is 2.23. The number of pyridine rings is 1. The Labute approximate surface area is 150 Å². The molecule has 0 spiro atoms. The van der Waals surface area contributed by atoms with Gasteiger partial charge in [-0.3, -0.25) is 9.78 Å². The Morgan fingerprint density at radius 1 is 1.33 bits per heavy atom. The van der Waals surface area contributed by atoms with Gasteiger partial charge < -0.3 is 14.4 Å². The molecule has 1 aromatic carbocycles. The minimum Gasteiger partial charge on any atom is -0.489 e. The van der Waals surface area contributed by atoms with E-state index in [9.17, 15) is 4.79 Å². The van der Waals surface area contributed by atoms with Gasteiger partial charge in [0, 0.05) is 18.3 Å². The summed E-state index contributed by atoms with van der Waals surface area (Å²) in [5, 5.41) is 0.796. The fraction of sp³-hybridized carbons (Fsp3) is 0.294. The smallest absolute Gasteiger partial charge is 0.254 e. The monoisotopic (exact) mass is 366 g/mol. The van der Waals surface area contributed by atoms with E-state index in [1.54, 1.807) is 41.6 Å². The van der Waals surface area contributed by atoms with Gasteiger partial charge in [-0.1, -0.05) is 23.2 Å². The predicted octanol–water partition coefficient (Wildman–Crippen LogP) is 3.31. The molecule has 1 amide bonds. The van der Waals surface area contributed by atoms with Crippen molar-refractivity contribution in [2.24, 2.45) is 0 Å². The number of ether oxygens (including phenoxy) is 2.